The van der Waals surface area contributed by atoms with E-state index in [1.165, 1.54) is 0 Å². The van der Waals surface area contributed by atoms with Crippen molar-refractivity contribution in [1.82, 2.24) is 4.99 Å². The minimum atomic E-state index is -0.407. The fourth-order valence-electron chi connectivity index (χ4n) is 0.721. The highest BCUT2D eigenvalue weighted by atomic mass is 16.7. The maximum Gasteiger partial charge on any atom is 0.467 e. The molecule has 1 aliphatic rings. The van der Waals surface area contributed by atoms with Gasteiger partial charge in [-0.2, -0.15) is 0 Å². The number of nitrogens with one attached hydrogen (secondary N) is 1. The summed E-state index contributed by atoms with van der Waals surface area (Å²) in [5.41, 5.74) is 0.332. The average molecular weight is 167 g/mol. The molecular formula is C8H11N2O2+2. The number of hydrogen-bond donors (Lipinski definition) is 1. The van der Waals surface area contributed by atoms with Gasteiger partial charge in [-0.1, -0.05) is 0 Å². The fourth-order valence-corrected chi connectivity index (χ4v) is 0.721. The number of carbonyl (C=O) groups is 1. The zero-order valence-electron chi connectivity index (χ0n) is 7.07. The van der Waals surface area contributed by atoms with Gasteiger partial charge in [0.05, 0.1) is 4.99 Å². The fraction of sp³-hybridized carbons (Fsp3) is 0.250. The van der Waals surface area contributed by atoms with Crippen molar-refractivity contribution >= 4 is 12.2 Å². The van der Waals surface area contributed by atoms with Gasteiger partial charge < -0.3 is 0 Å². The molecule has 1 radical (unpaired) electrons. The summed E-state index contributed by atoms with van der Waals surface area (Å²) < 4.78 is 0. The molecule has 0 amide bonds. The number of aliphatic imine (C=N–C) groups is 1. The van der Waals surface area contributed by atoms with E-state index in [1.54, 1.807) is 38.5 Å². The Morgan fingerprint density at radius 3 is 2.75 bits per heavy atom. The maximum atomic E-state index is 11.1. The van der Waals surface area contributed by atoms with Crippen molar-refractivity contribution in [2.45, 2.75) is 0 Å². The molecule has 63 valence electrons. The van der Waals surface area contributed by atoms with Crippen LogP contribution in [-0.2, 0) is 9.63 Å². The smallest absolute Gasteiger partial charge is 0.266 e. The molecule has 0 aromatic carbocycles. The summed E-state index contributed by atoms with van der Waals surface area (Å²) in [4.78, 5) is 19.8. The van der Waals surface area contributed by atoms with Crippen LogP contribution in [0, 0.1) is 0 Å². The largest absolute Gasteiger partial charge is 0.467 e. The first kappa shape index (κ1) is 8.67. The number of carbonyl (C=O) groups excluding carboxylic acids is 1. The van der Waals surface area contributed by atoms with Crippen LogP contribution in [0.25, 0.3) is 0 Å². The lowest BCUT2D eigenvalue weighted by molar-refractivity contribution is -1.04. The molecule has 4 nitrogen and oxygen atoms in total. The first-order chi connectivity index (χ1) is 5.70. The van der Waals surface area contributed by atoms with Gasteiger partial charge in [0.2, 0.25) is 6.21 Å². The number of rotatable bonds is 2. The lowest BCUT2D eigenvalue weighted by Gasteiger charge is -2.01. The van der Waals surface area contributed by atoms with E-state index >= 15 is 0 Å². The number of nitrogens with zero attached hydrogens (tertiary/aromatic N) is 1. The molecule has 0 bridgehead atoms. The molecule has 0 saturated heterocycles. The zero-order valence-corrected chi connectivity index (χ0v) is 7.07. The van der Waals surface area contributed by atoms with Crippen LogP contribution in [0.3, 0.4) is 0 Å². The van der Waals surface area contributed by atoms with Gasteiger partial charge in [-0.15, -0.1) is 5.06 Å². The van der Waals surface area contributed by atoms with Crippen LogP contribution in [0.5, 0.6) is 0 Å². The molecular weight excluding hydrogens is 156 g/mol. The van der Waals surface area contributed by atoms with E-state index in [9.17, 15) is 4.79 Å². The Hall–Kier alpha value is -1.42. The van der Waals surface area contributed by atoms with Gasteiger partial charge in [0, 0.05) is 12.2 Å². The average Bonchev–Trinajstić information content (AvgIpc) is 2.05. The third kappa shape index (κ3) is 2.32. The third-order valence-electron chi connectivity index (χ3n) is 1.17. The van der Waals surface area contributed by atoms with E-state index in [0.29, 0.717) is 10.8 Å². The number of quaternary nitrogens is 1. The van der Waals surface area contributed by atoms with E-state index in [2.05, 4.69) is 4.99 Å². The maximum absolute atomic E-state index is 11.1. The Bertz CT molecular complexity index is 264. The predicted octanol–water partition coefficient (Wildman–Crippen LogP) is -1.55. The Morgan fingerprint density at radius 2 is 2.25 bits per heavy atom. The summed E-state index contributed by atoms with van der Waals surface area (Å²) >= 11 is 0. The second-order valence-electron chi connectivity index (χ2n) is 2.51. The Morgan fingerprint density at radius 1 is 1.50 bits per heavy atom. The molecule has 0 spiro atoms. The lowest BCUT2D eigenvalue weighted by atomic mass is 10.3. The van der Waals surface area contributed by atoms with E-state index in [1.807, 2.05) is 0 Å². The van der Waals surface area contributed by atoms with Crippen molar-refractivity contribution < 1.29 is 14.7 Å². The summed E-state index contributed by atoms with van der Waals surface area (Å²) in [6.45, 7) is 0. The monoisotopic (exact) mass is 167 g/mol. The van der Waals surface area contributed by atoms with Crippen LogP contribution in [0.4, 0.5) is 0 Å². The molecule has 1 heterocycles. The first-order valence-electron chi connectivity index (χ1n) is 3.63. The van der Waals surface area contributed by atoms with E-state index in [-0.39, 0.29) is 0 Å². The normalized spacial score (nSPS) is 14.8. The number of hydroxylamine groups is 2. The third-order valence-corrected chi connectivity index (χ3v) is 1.17. The van der Waals surface area contributed by atoms with Crippen molar-refractivity contribution in [1.29, 1.82) is 0 Å². The van der Waals surface area contributed by atoms with Crippen LogP contribution < -0.4 is 10.1 Å². The molecule has 1 rings (SSSR count). The van der Waals surface area contributed by atoms with Gasteiger partial charge in [-0.3, -0.25) is 4.84 Å². The molecule has 0 unspecified atom stereocenters. The number of hydrogen-bond acceptors (Lipinski definition) is 3. The highest BCUT2D eigenvalue weighted by Gasteiger charge is 2.24. The predicted molar refractivity (Wildman–Crippen MR) is 44.3 cm³/mol. The second-order valence-corrected chi connectivity index (χ2v) is 2.51. The van der Waals surface area contributed by atoms with Crippen molar-refractivity contribution in [3.8, 4) is 0 Å². The van der Waals surface area contributed by atoms with Crippen molar-refractivity contribution in [2.75, 3.05) is 14.1 Å². The molecule has 4 heteroatoms. The van der Waals surface area contributed by atoms with Crippen LogP contribution >= 0.6 is 0 Å². The minimum absolute atomic E-state index is 0.332. The molecule has 0 aromatic heterocycles. The second kappa shape index (κ2) is 3.82. The van der Waals surface area contributed by atoms with Crippen LogP contribution in [0.1, 0.15) is 0 Å². The molecule has 1 aliphatic heterocycles. The molecule has 0 aliphatic carbocycles. The van der Waals surface area contributed by atoms with E-state index < -0.39 is 5.97 Å². The van der Waals surface area contributed by atoms with Crippen molar-refractivity contribution in [3.05, 3.63) is 23.9 Å². The molecule has 0 atom stereocenters. The van der Waals surface area contributed by atoms with Gasteiger partial charge in [0.15, 0.2) is 0 Å². The Balaban J connectivity index is 2.59. The van der Waals surface area contributed by atoms with Gasteiger partial charge in [0.1, 0.15) is 14.1 Å². The van der Waals surface area contributed by atoms with Gasteiger partial charge in [0.25, 0.3) is 0 Å². The number of allylic oxidation sites excluding steroid dienone is 3. The summed E-state index contributed by atoms with van der Waals surface area (Å²) in [5.74, 6) is -0.407. The van der Waals surface area contributed by atoms with Crippen molar-refractivity contribution in [2.24, 2.45) is 0 Å². The van der Waals surface area contributed by atoms with Crippen LogP contribution in [0.2, 0.25) is 0 Å². The van der Waals surface area contributed by atoms with Gasteiger partial charge >= 0.3 is 11.7 Å². The molecule has 12 heavy (non-hydrogen) atoms. The molecule has 0 aromatic rings. The first-order valence-corrected chi connectivity index (χ1v) is 3.63. The highest BCUT2D eigenvalue weighted by Crippen LogP contribution is 1.93. The zero-order chi connectivity index (χ0) is 8.97. The summed E-state index contributed by atoms with van der Waals surface area (Å²) in [6.07, 6.45) is 6.67. The van der Waals surface area contributed by atoms with E-state index in [4.69, 9.17) is 4.84 Å². The topological polar surface area (TPSA) is 44.8 Å². The molecule has 1 N–H and O–H groups in total. The molecule has 0 fully saturated rings. The van der Waals surface area contributed by atoms with Gasteiger partial charge in [-0.05, 0) is 6.08 Å². The van der Waals surface area contributed by atoms with Crippen molar-refractivity contribution in [3.63, 3.8) is 0 Å². The SMILES string of the molecule is C[NH+](C)OC(=O)C1=CC=CC=[N+]1. The lowest BCUT2D eigenvalue weighted by Crippen LogP contribution is -3.05. The minimum Gasteiger partial charge on any atom is -0.266 e. The standard InChI is InChI=1S/C8H10N2O2/c1-10(2)12-8(11)7-5-3-4-6-9-7/h3-6H,1-2H3/q+1/p+1. The summed E-state index contributed by atoms with van der Waals surface area (Å²) in [5, 5.41) is 0.616. The summed E-state index contributed by atoms with van der Waals surface area (Å²) in [6, 6.07) is 0. The quantitative estimate of drug-likeness (QED) is 0.506. The highest BCUT2D eigenvalue weighted by molar-refractivity contribution is 5.91. The van der Waals surface area contributed by atoms with Crippen LogP contribution in [-0.4, -0.2) is 26.3 Å². The van der Waals surface area contributed by atoms with Crippen LogP contribution in [0.15, 0.2) is 23.9 Å². The molecule has 0 saturated carbocycles. The Kier molecular flexibility index (Phi) is 2.76. The summed E-state index contributed by atoms with van der Waals surface area (Å²) in [7, 11) is 3.45. The van der Waals surface area contributed by atoms with E-state index in [0.717, 1.165) is 0 Å². The van der Waals surface area contributed by atoms with Gasteiger partial charge in [-0.25, -0.2) is 4.79 Å². The Labute approximate surface area is 70.8 Å².